The minimum Gasteiger partial charge on any atom is -0.349 e. The SMILES string of the molecule is CCNC1CCCc2sc(N(C)C(C)C)nc21. The molecule has 1 aliphatic carbocycles. The summed E-state index contributed by atoms with van der Waals surface area (Å²) in [4.78, 5) is 8.61. The van der Waals surface area contributed by atoms with Crippen molar-refractivity contribution in [1.82, 2.24) is 10.3 Å². The molecule has 1 unspecified atom stereocenters. The summed E-state index contributed by atoms with van der Waals surface area (Å²) in [5.74, 6) is 0. The Labute approximate surface area is 108 Å². The van der Waals surface area contributed by atoms with E-state index in [1.165, 1.54) is 35.0 Å². The molecule has 1 atom stereocenters. The second kappa shape index (κ2) is 5.36. The predicted octanol–water partition coefficient (Wildman–Crippen LogP) is 2.97. The van der Waals surface area contributed by atoms with E-state index in [0.29, 0.717) is 12.1 Å². The highest BCUT2D eigenvalue weighted by Gasteiger charge is 2.25. The summed E-state index contributed by atoms with van der Waals surface area (Å²) in [7, 11) is 2.14. The Kier molecular flexibility index (Phi) is 4.05. The van der Waals surface area contributed by atoms with E-state index in [4.69, 9.17) is 4.98 Å². The average molecular weight is 253 g/mol. The summed E-state index contributed by atoms with van der Waals surface area (Å²) in [6.45, 7) is 7.61. The Hall–Kier alpha value is -0.610. The number of thiazole rings is 1. The highest BCUT2D eigenvalue weighted by molar-refractivity contribution is 7.15. The number of nitrogens with zero attached hydrogens (tertiary/aromatic N) is 2. The van der Waals surface area contributed by atoms with Crippen LogP contribution in [0.5, 0.6) is 0 Å². The molecule has 1 aromatic rings. The lowest BCUT2D eigenvalue weighted by molar-refractivity contribution is 0.465. The average Bonchev–Trinajstić information content (AvgIpc) is 2.73. The van der Waals surface area contributed by atoms with Crippen molar-refractivity contribution in [2.24, 2.45) is 0 Å². The van der Waals surface area contributed by atoms with Crippen LogP contribution in [-0.4, -0.2) is 24.6 Å². The van der Waals surface area contributed by atoms with E-state index in [1.807, 2.05) is 11.3 Å². The molecule has 1 N–H and O–H groups in total. The van der Waals surface area contributed by atoms with Gasteiger partial charge in [-0.3, -0.25) is 0 Å². The third-order valence-corrected chi connectivity index (χ3v) is 4.69. The number of fused-ring (bicyclic) bond motifs is 1. The first kappa shape index (κ1) is 12.8. The quantitative estimate of drug-likeness (QED) is 0.894. The number of anilines is 1. The Morgan fingerprint density at radius 3 is 2.94 bits per heavy atom. The second-order valence-corrected chi connectivity index (χ2v) is 6.07. The molecule has 0 saturated carbocycles. The molecule has 17 heavy (non-hydrogen) atoms. The van der Waals surface area contributed by atoms with Crippen LogP contribution in [0.4, 0.5) is 5.13 Å². The number of nitrogens with one attached hydrogen (secondary N) is 1. The summed E-state index contributed by atoms with van der Waals surface area (Å²) in [6.07, 6.45) is 3.73. The van der Waals surface area contributed by atoms with Gasteiger partial charge in [-0.25, -0.2) is 4.98 Å². The van der Waals surface area contributed by atoms with E-state index < -0.39 is 0 Å². The van der Waals surface area contributed by atoms with Gasteiger partial charge < -0.3 is 10.2 Å². The molecule has 0 amide bonds. The number of hydrogen-bond donors (Lipinski definition) is 1. The predicted molar refractivity (Wildman–Crippen MR) is 75.0 cm³/mol. The van der Waals surface area contributed by atoms with Crippen molar-refractivity contribution in [3.8, 4) is 0 Å². The van der Waals surface area contributed by atoms with Gasteiger partial charge >= 0.3 is 0 Å². The summed E-state index contributed by atoms with van der Waals surface area (Å²) < 4.78 is 0. The summed E-state index contributed by atoms with van der Waals surface area (Å²) in [6, 6.07) is 0.995. The van der Waals surface area contributed by atoms with Gasteiger partial charge in [0.05, 0.1) is 11.7 Å². The van der Waals surface area contributed by atoms with Crippen LogP contribution < -0.4 is 10.2 Å². The van der Waals surface area contributed by atoms with Gasteiger partial charge in [-0.2, -0.15) is 0 Å². The zero-order chi connectivity index (χ0) is 12.4. The molecule has 1 aromatic heterocycles. The largest absolute Gasteiger partial charge is 0.349 e. The third-order valence-electron chi connectivity index (χ3n) is 3.47. The monoisotopic (exact) mass is 253 g/mol. The van der Waals surface area contributed by atoms with Gasteiger partial charge in [0, 0.05) is 18.0 Å². The number of hydrogen-bond acceptors (Lipinski definition) is 4. The molecule has 1 heterocycles. The summed E-state index contributed by atoms with van der Waals surface area (Å²) in [5.41, 5.74) is 1.31. The highest BCUT2D eigenvalue weighted by Crippen LogP contribution is 2.36. The first-order chi connectivity index (χ1) is 8.13. The fourth-order valence-electron chi connectivity index (χ4n) is 2.22. The van der Waals surface area contributed by atoms with Crippen molar-refractivity contribution < 1.29 is 0 Å². The molecule has 0 fully saturated rings. The topological polar surface area (TPSA) is 28.2 Å². The van der Waals surface area contributed by atoms with E-state index in [-0.39, 0.29) is 0 Å². The van der Waals surface area contributed by atoms with Crippen molar-refractivity contribution in [1.29, 1.82) is 0 Å². The van der Waals surface area contributed by atoms with Gasteiger partial charge in [0.1, 0.15) is 0 Å². The van der Waals surface area contributed by atoms with E-state index >= 15 is 0 Å². The van der Waals surface area contributed by atoms with Gasteiger partial charge in [0.15, 0.2) is 5.13 Å². The van der Waals surface area contributed by atoms with Crippen LogP contribution in [0.1, 0.15) is 50.2 Å². The molecular weight excluding hydrogens is 230 g/mol. The Bertz CT molecular complexity index is 373. The first-order valence-corrected chi connectivity index (χ1v) is 7.41. The van der Waals surface area contributed by atoms with Crippen LogP contribution in [0.25, 0.3) is 0 Å². The molecule has 1 aliphatic rings. The maximum atomic E-state index is 4.85. The lowest BCUT2D eigenvalue weighted by Crippen LogP contribution is -2.26. The van der Waals surface area contributed by atoms with Gasteiger partial charge in [0.25, 0.3) is 0 Å². The van der Waals surface area contributed by atoms with Crippen LogP contribution in [0.2, 0.25) is 0 Å². The van der Waals surface area contributed by atoms with E-state index in [0.717, 1.165) is 6.54 Å². The van der Waals surface area contributed by atoms with Crippen LogP contribution in [0.3, 0.4) is 0 Å². The summed E-state index contributed by atoms with van der Waals surface area (Å²) in [5, 5.41) is 4.72. The van der Waals surface area contributed by atoms with Crippen molar-refractivity contribution in [2.75, 3.05) is 18.5 Å². The first-order valence-electron chi connectivity index (χ1n) is 6.59. The minimum absolute atomic E-state index is 0.481. The van der Waals surface area contributed by atoms with E-state index in [2.05, 4.69) is 38.0 Å². The minimum atomic E-state index is 0.481. The van der Waals surface area contributed by atoms with Crippen LogP contribution in [0, 0.1) is 0 Å². The molecule has 2 rings (SSSR count). The molecular formula is C13H23N3S. The molecule has 0 aliphatic heterocycles. The normalized spacial score (nSPS) is 19.5. The maximum absolute atomic E-state index is 4.85. The van der Waals surface area contributed by atoms with Gasteiger partial charge in [0.2, 0.25) is 0 Å². The van der Waals surface area contributed by atoms with Crippen LogP contribution in [-0.2, 0) is 6.42 Å². The lowest BCUT2D eigenvalue weighted by Gasteiger charge is -2.21. The second-order valence-electron chi connectivity index (χ2n) is 5.01. The van der Waals surface area contributed by atoms with Crippen molar-refractivity contribution >= 4 is 16.5 Å². The van der Waals surface area contributed by atoms with Gasteiger partial charge in [-0.15, -0.1) is 11.3 Å². The maximum Gasteiger partial charge on any atom is 0.185 e. The van der Waals surface area contributed by atoms with Crippen LogP contribution in [0.15, 0.2) is 0 Å². The fraction of sp³-hybridized carbons (Fsp3) is 0.769. The van der Waals surface area contributed by atoms with Crippen molar-refractivity contribution in [3.05, 3.63) is 10.6 Å². The molecule has 4 heteroatoms. The van der Waals surface area contributed by atoms with E-state index in [1.54, 1.807) is 0 Å². The molecule has 0 radical (unpaired) electrons. The number of aryl methyl sites for hydroxylation is 1. The van der Waals surface area contributed by atoms with Gasteiger partial charge in [-0.05, 0) is 39.7 Å². The van der Waals surface area contributed by atoms with Crippen molar-refractivity contribution in [3.63, 3.8) is 0 Å². The lowest BCUT2D eigenvalue weighted by atomic mass is 9.98. The zero-order valence-corrected chi connectivity index (χ0v) is 12.1. The fourth-order valence-corrected chi connectivity index (χ4v) is 3.48. The van der Waals surface area contributed by atoms with Crippen LogP contribution >= 0.6 is 11.3 Å². The third kappa shape index (κ3) is 2.63. The Morgan fingerprint density at radius 1 is 1.53 bits per heavy atom. The molecule has 0 aromatic carbocycles. The number of aromatic nitrogens is 1. The van der Waals surface area contributed by atoms with Gasteiger partial charge in [-0.1, -0.05) is 6.92 Å². The summed E-state index contributed by atoms with van der Waals surface area (Å²) >= 11 is 1.88. The van der Waals surface area contributed by atoms with Crippen molar-refractivity contribution in [2.45, 2.75) is 52.1 Å². The Morgan fingerprint density at radius 2 is 2.29 bits per heavy atom. The molecule has 0 bridgehead atoms. The molecule has 96 valence electrons. The Balaban J connectivity index is 2.24. The zero-order valence-electron chi connectivity index (χ0n) is 11.3. The highest BCUT2D eigenvalue weighted by atomic mass is 32.1. The molecule has 3 nitrogen and oxygen atoms in total. The molecule has 0 saturated heterocycles. The molecule has 0 spiro atoms. The number of rotatable bonds is 4. The standard InChI is InChI=1S/C13H23N3S/c1-5-14-10-7-6-8-11-12(10)15-13(17-11)16(4)9(2)3/h9-10,14H,5-8H2,1-4H3. The van der Waals surface area contributed by atoms with E-state index in [9.17, 15) is 0 Å². The smallest absolute Gasteiger partial charge is 0.185 e.